The van der Waals surface area contributed by atoms with Gasteiger partial charge in [0.25, 0.3) is 0 Å². The second kappa shape index (κ2) is 4.79. The molecule has 4 heteroatoms. The predicted molar refractivity (Wildman–Crippen MR) is 74.9 cm³/mol. The van der Waals surface area contributed by atoms with Crippen molar-refractivity contribution in [2.24, 2.45) is 12.8 Å². The molecule has 2 aromatic rings. The van der Waals surface area contributed by atoms with Gasteiger partial charge in [0.05, 0.1) is 5.52 Å². The summed E-state index contributed by atoms with van der Waals surface area (Å²) in [5.41, 5.74) is 9.34. The van der Waals surface area contributed by atoms with Gasteiger partial charge in [-0.15, -0.1) is 6.42 Å². The van der Waals surface area contributed by atoms with Gasteiger partial charge in [-0.05, 0) is 18.6 Å². The fourth-order valence-electron chi connectivity index (χ4n) is 2.39. The van der Waals surface area contributed by atoms with E-state index in [2.05, 4.69) is 5.92 Å². The number of benzene rings is 1. The summed E-state index contributed by atoms with van der Waals surface area (Å²) in [6.07, 6.45) is 5.81. The number of terminal acetylenes is 1. The largest absolute Gasteiger partial charge is 0.480 e. The molecule has 2 rings (SSSR count). The van der Waals surface area contributed by atoms with E-state index in [-0.39, 0.29) is 0 Å². The van der Waals surface area contributed by atoms with Crippen LogP contribution in [0.2, 0.25) is 0 Å². The fraction of sp³-hybridized carbons (Fsp3) is 0.267. The Morgan fingerprint density at radius 2 is 2.26 bits per heavy atom. The zero-order valence-electron chi connectivity index (χ0n) is 11.0. The number of aryl methyl sites for hydroxylation is 1. The maximum absolute atomic E-state index is 10.9. The Balaban J connectivity index is 2.66. The second-order valence-electron chi connectivity index (χ2n) is 4.62. The summed E-state index contributed by atoms with van der Waals surface area (Å²) in [6.45, 7) is 1.95. The molecule has 0 fully saturated rings. The molecular weight excluding hydrogens is 240 g/mol. The molecule has 0 aliphatic rings. The van der Waals surface area contributed by atoms with Gasteiger partial charge < -0.3 is 15.4 Å². The number of hydrogen-bond donors (Lipinski definition) is 2. The van der Waals surface area contributed by atoms with Gasteiger partial charge in [0.15, 0.2) is 0 Å². The second-order valence-corrected chi connectivity index (χ2v) is 4.62. The molecule has 1 aromatic heterocycles. The number of carboxylic acid groups (broad SMARTS) is 1. The first-order chi connectivity index (χ1) is 8.97. The maximum atomic E-state index is 10.9. The highest BCUT2D eigenvalue weighted by atomic mass is 16.4. The van der Waals surface area contributed by atoms with Crippen molar-refractivity contribution in [3.8, 4) is 12.3 Å². The van der Waals surface area contributed by atoms with Gasteiger partial charge >= 0.3 is 5.97 Å². The first kappa shape index (κ1) is 13.2. The quantitative estimate of drug-likeness (QED) is 0.816. The highest BCUT2D eigenvalue weighted by molar-refractivity contribution is 5.90. The number of para-hydroxylation sites is 1. The molecule has 19 heavy (non-hydrogen) atoms. The van der Waals surface area contributed by atoms with Crippen LogP contribution in [0, 0.1) is 19.3 Å². The molecule has 0 radical (unpaired) electrons. The Morgan fingerprint density at radius 3 is 2.84 bits per heavy atom. The minimum absolute atomic E-state index is 0.298. The van der Waals surface area contributed by atoms with Crippen LogP contribution in [-0.4, -0.2) is 21.7 Å². The fourth-order valence-corrected chi connectivity index (χ4v) is 2.39. The summed E-state index contributed by atoms with van der Waals surface area (Å²) in [5.74, 6) is 1.66. The number of aliphatic carboxylic acids is 1. The van der Waals surface area contributed by atoms with Crippen LogP contribution in [0.25, 0.3) is 10.9 Å². The molecule has 98 valence electrons. The average Bonchev–Trinajstić information content (AvgIpc) is 2.63. The summed E-state index contributed by atoms with van der Waals surface area (Å²) >= 11 is 0. The van der Waals surface area contributed by atoms with Crippen molar-refractivity contribution in [1.82, 2.24) is 4.57 Å². The van der Waals surface area contributed by atoms with Crippen molar-refractivity contribution in [1.29, 1.82) is 0 Å². The molecule has 1 heterocycles. The van der Waals surface area contributed by atoms with Crippen molar-refractivity contribution in [2.45, 2.75) is 19.4 Å². The van der Waals surface area contributed by atoms with Crippen molar-refractivity contribution in [2.75, 3.05) is 0 Å². The molecule has 1 unspecified atom stereocenters. The van der Waals surface area contributed by atoms with Gasteiger partial charge in [0.2, 0.25) is 0 Å². The number of carbonyl (C=O) groups is 1. The van der Waals surface area contributed by atoms with Crippen LogP contribution in [0.15, 0.2) is 18.2 Å². The van der Waals surface area contributed by atoms with E-state index in [1.54, 1.807) is 0 Å². The van der Waals surface area contributed by atoms with Gasteiger partial charge in [-0.1, -0.05) is 18.1 Å². The standard InChI is InChI=1S/C15H16N2O2/c1-4-10-6-5-7-11-12(8-13(16)15(18)19)9(2)17(3)14(10)11/h1,5-7,13H,8,16H2,2-3H3,(H,18,19). The highest BCUT2D eigenvalue weighted by Gasteiger charge is 2.19. The van der Waals surface area contributed by atoms with E-state index < -0.39 is 12.0 Å². The van der Waals surface area contributed by atoms with E-state index in [0.717, 1.165) is 27.7 Å². The topological polar surface area (TPSA) is 68.2 Å². The van der Waals surface area contributed by atoms with Crippen LogP contribution < -0.4 is 5.73 Å². The van der Waals surface area contributed by atoms with Gasteiger partial charge in [0, 0.05) is 30.1 Å². The Bertz CT molecular complexity index is 692. The summed E-state index contributed by atoms with van der Waals surface area (Å²) in [5, 5.41) is 9.93. The summed E-state index contributed by atoms with van der Waals surface area (Å²) in [6, 6.07) is 4.81. The maximum Gasteiger partial charge on any atom is 0.320 e. The first-order valence-electron chi connectivity index (χ1n) is 5.99. The lowest BCUT2D eigenvalue weighted by Crippen LogP contribution is -2.32. The van der Waals surface area contributed by atoms with Gasteiger partial charge in [-0.25, -0.2) is 0 Å². The van der Waals surface area contributed by atoms with E-state index in [9.17, 15) is 4.79 Å². The van der Waals surface area contributed by atoms with E-state index in [0.29, 0.717) is 6.42 Å². The number of rotatable bonds is 3. The number of carboxylic acids is 1. The average molecular weight is 256 g/mol. The SMILES string of the molecule is C#Cc1cccc2c(CC(N)C(=O)O)c(C)n(C)c12. The third-order valence-electron chi connectivity index (χ3n) is 3.53. The number of aromatic nitrogens is 1. The van der Waals surface area contributed by atoms with Gasteiger partial charge in [-0.2, -0.15) is 0 Å². The number of fused-ring (bicyclic) bond motifs is 1. The van der Waals surface area contributed by atoms with E-state index in [1.807, 2.05) is 36.7 Å². The van der Waals surface area contributed by atoms with Crippen LogP contribution in [-0.2, 0) is 18.3 Å². The molecule has 0 saturated heterocycles. The van der Waals surface area contributed by atoms with Gasteiger partial charge in [-0.3, -0.25) is 4.79 Å². The summed E-state index contributed by atoms with van der Waals surface area (Å²) in [7, 11) is 1.92. The molecule has 0 spiro atoms. The van der Waals surface area contributed by atoms with Gasteiger partial charge in [0.1, 0.15) is 6.04 Å². The van der Waals surface area contributed by atoms with Crippen LogP contribution in [0.3, 0.4) is 0 Å². The van der Waals surface area contributed by atoms with E-state index in [4.69, 9.17) is 17.3 Å². The lowest BCUT2D eigenvalue weighted by Gasteiger charge is -2.06. The van der Waals surface area contributed by atoms with E-state index >= 15 is 0 Å². The minimum Gasteiger partial charge on any atom is -0.480 e. The number of nitrogens with two attached hydrogens (primary N) is 1. The Kier molecular flexibility index (Phi) is 3.32. The van der Waals surface area contributed by atoms with Crippen molar-refractivity contribution < 1.29 is 9.90 Å². The molecule has 1 aromatic carbocycles. The molecule has 4 nitrogen and oxygen atoms in total. The molecule has 0 aliphatic carbocycles. The molecule has 1 atom stereocenters. The molecule has 3 N–H and O–H groups in total. The zero-order chi connectivity index (χ0) is 14.2. The Labute approximate surface area is 111 Å². The molecule has 0 bridgehead atoms. The monoisotopic (exact) mass is 256 g/mol. The van der Waals surface area contributed by atoms with Crippen molar-refractivity contribution >= 4 is 16.9 Å². The zero-order valence-corrected chi connectivity index (χ0v) is 11.0. The summed E-state index contributed by atoms with van der Waals surface area (Å²) in [4.78, 5) is 10.9. The third-order valence-corrected chi connectivity index (χ3v) is 3.53. The lowest BCUT2D eigenvalue weighted by atomic mass is 10.0. The molecule has 0 aliphatic heterocycles. The van der Waals surface area contributed by atoms with E-state index in [1.165, 1.54) is 0 Å². The normalized spacial score (nSPS) is 12.3. The highest BCUT2D eigenvalue weighted by Crippen LogP contribution is 2.28. The Hall–Kier alpha value is -2.25. The molecule has 0 saturated carbocycles. The number of nitrogens with zero attached hydrogens (tertiary/aromatic N) is 1. The molecular formula is C15H16N2O2. The van der Waals surface area contributed by atoms with Crippen LogP contribution in [0.1, 0.15) is 16.8 Å². The lowest BCUT2D eigenvalue weighted by molar-refractivity contribution is -0.138. The first-order valence-corrected chi connectivity index (χ1v) is 5.99. The van der Waals surface area contributed by atoms with Crippen molar-refractivity contribution in [3.05, 3.63) is 35.0 Å². The number of hydrogen-bond acceptors (Lipinski definition) is 2. The Morgan fingerprint density at radius 1 is 1.58 bits per heavy atom. The van der Waals surface area contributed by atoms with Crippen LogP contribution in [0.5, 0.6) is 0 Å². The summed E-state index contributed by atoms with van der Waals surface area (Å²) < 4.78 is 1.99. The van der Waals surface area contributed by atoms with Crippen LogP contribution >= 0.6 is 0 Å². The van der Waals surface area contributed by atoms with Crippen LogP contribution in [0.4, 0.5) is 0 Å². The third kappa shape index (κ3) is 2.09. The predicted octanol–water partition coefficient (Wildman–Crippen LogP) is 1.42. The van der Waals surface area contributed by atoms with Crippen molar-refractivity contribution in [3.63, 3.8) is 0 Å². The smallest absolute Gasteiger partial charge is 0.320 e. The minimum atomic E-state index is -0.996. The molecule has 0 amide bonds.